The third kappa shape index (κ3) is 7.56. The first-order valence-corrected chi connectivity index (χ1v) is 7.68. The van der Waals surface area contributed by atoms with Crippen LogP contribution < -0.4 is 0 Å². The van der Waals surface area contributed by atoms with Gasteiger partial charge < -0.3 is 9.84 Å². The topological polar surface area (TPSA) is 32.7 Å². The number of hydrogen-bond donors (Lipinski definition) is 1. The van der Waals surface area contributed by atoms with Crippen molar-refractivity contribution in [3.05, 3.63) is 35.6 Å². The molecule has 1 atom stereocenters. The van der Waals surface area contributed by atoms with Crippen LogP contribution >= 0.6 is 0 Å². The fourth-order valence-electron chi connectivity index (χ4n) is 2.15. The van der Waals surface area contributed by atoms with E-state index in [-0.39, 0.29) is 19.0 Å². The van der Waals surface area contributed by atoms with Gasteiger partial charge in [-0.15, -0.1) is 6.42 Å². The molecular weight excluding hydrogens is 281 g/mol. The van der Waals surface area contributed by atoms with Gasteiger partial charge in [0.2, 0.25) is 0 Å². The van der Waals surface area contributed by atoms with Gasteiger partial charge in [0.15, 0.2) is 0 Å². The van der Waals surface area contributed by atoms with Crippen molar-refractivity contribution in [1.82, 2.24) is 4.90 Å². The smallest absolute Gasteiger partial charge is 0.127 e. The maximum Gasteiger partial charge on any atom is 0.127 e. The first kappa shape index (κ1) is 18.6. The third-order valence-electron chi connectivity index (χ3n) is 3.34. The standard InChI is InChI=1S/C18H26FNO2/c1-4-11-22-14-17(21)13-20(10-9-15(2)3)12-16-7-5-6-8-18(16)19/h1,5-8,15,17,21H,9-14H2,2-3H3. The fraction of sp³-hybridized carbons (Fsp3) is 0.556. The highest BCUT2D eigenvalue weighted by atomic mass is 19.1. The van der Waals surface area contributed by atoms with Crippen molar-refractivity contribution in [2.24, 2.45) is 5.92 Å². The number of benzene rings is 1. The molecule has 0 spiro atoms. The molecule has 1 N–H and O–H groups in total. The summed E-state index contributed by atoms with van der Waals surface area (Å²) in [6, 6.07) is 6.74. The summed E-state index contributed by atoms with van der Waals surface area (Å²) in [5, 5.41) is 10.0. The predicted molar refractivity (Wildman–Crippen MR) is 86.8 cm³/mol. The van der Waals surface area contributed by atoms with Crippen LogP contribution in [-0.2, 0) is 11.3 Å². The van der Waals surface area contributed by atoms with E-state index < -0.39 is 6.10 Å². The SMILES string of the molecule is C#CCOCC(O)CN(CCC(C)C)Cc1ccccc1F. The second-order valence-electron chi connectivity index (χ2n) is 5.88. The quantitative estimate of drug-likeness (QED) is 0.533. The normalized spacial score (nSPS) is 12.6. The number of aliphatic hydroxyl groups is 1. The van der Waals surface area contributed by atoms with Crippen molar-refractivity contribution in [2.75, 3.05) is 26.3 Å². The molecule has 0 aliphatic carbocycles. The molecule has 22 heavy (non-hydrogen) atoms. The number of rotatable bonds is 10. The Balaban J connectivity index is 2.59. The molecule has 0 amide bonds. The van der Waals surface area contributed by atoms with Gasteiger partial charge in [-0.2, -0.15) is 0 Å². The minimum atomic E-state index is -0.632. The molecule has 1 rings (SSSR count). The lowest BCUT2D eigenvalue weighted by Crippen LogP contribution is -2.36. The van der Waals surface area contributed by atoms with E-state index in [1.165, 1.54) is 6.07 Å². The van der Waals surface area contributed by atoms with E-state index in [0.717, 1.165) is 13.0 Å². The van der Waals surface area contributed by atoms with Crippen molar-refractivity contribution < 1.29 is 14.2 Å². The first-order valence-electron chi connectivity index (χ1n) is 7.68. The van der Waals surface area contributed by atoms with E-state index in [0.29, 0.717) is 24.6 Å². The van der Waals surface area contributed by atoms with Gasteiger partial charge in [-0.05, 0) is 24.9 Å². The molecule has 0 radical (unpaired) electrons. The van der Waals surface area contributed by atoms with Crippen molar-refractivity contribution in [2.45, 2.75) is 32.9 Å². The Labute approximate surface area is 133 Å². The van der Waals surface area contributed by atoms with Gasteiger partial charge in [0, 0.05) is 18.7 Å². The predicted octanol–water partition coefficient (Wildman–Crippen LogP) is 2.68. The summed E-state index contributed by atoms with van der Waals surface area (Å²) in [5.41, 5.74) is 0.642. The lowest BCUT2D eigenvalue weighted by Gasteiger charge is -2.26. The third-order valence-corrected chi connectivity index (χ3v) is 3.34. The van der Waals surface area contributed by atoms with Crippen molar-refractivity contribution in [1.29, 1.82) is 0 Å². The molecule has 0 bridgehead atoms. The number of terminal acetylenes is 1. The van der Waals surface area contributed by atoms with Crippen LogP contribution in [0.2, 0.25) is 0 Å². The van der Waals surface area contributed by atoms with Gasteiger partial charge in [-0.1, -0.05) is 38.0 Å². The molecule has 1 aromatic carbocycles. The van der Waals surface area contributed by atoms with E-state index in [9.17, 15) is 9.50 Å². The van der Waals surface area contributed by atoms with Crippen molar-refractivity contribution in [3.63, 3.8) is 0 Å². The van der Waals surface area contributed by atoms with Crippen LogP contribution in [0.3, 0.4) is 0 Å². The molecule has 0 heterocycles. The van der Waals surface area contributed by atoms with Crippen molar-refractivity contribution in [3.8, 4) is 12.3 Å². The second kappa shape index (κ2) is 10.3. The maximum atomic E-state index is 13.8. The average Bonchev–Trinajstić information content (AvgIpc) is 2.47. The van der Waals surface area contributed by atoms with E-state index in [4.69, 9.17) is 11.2 Å². The molecule has 0 aromatic heterocycles. The Morgan fingerprint density at radius 3 is 2.73 bits per heavy atom. The Kier molecular flexibility index (Phi) is 8.76. The van der Waals surface area contributed by atoms with Crippen LogP contribution in [0.5, 0.6) is 0 Å². The highest BCUT2D eigenvalue weighted by Crippen LogP contribution is 2.12. The summed E-state index contributed by atoms with van der Waals surface area (Å²) in [6.45, 7) is 6.40. The number of aliphatic hydroxyl groups excluding tert-OH is 1. The fourth-order valence-corrected chi connectivity index (χ4v) is 2.15. The lowest BCUT2D eigenvalue weighted by atomic mass is 10.1. The largest absolute Gasteiger partial charge is 0.389 e. The zero-order chi connectivity index (χ0) is 16.4. The highest BCUT2D eigenvalue weighted by Gasteiger charge is 2.14. The van der Waals surface area contributed by atoms with Gasteiger partial charge in [-0.3, -0.25) is 4.90 Å². The molecule has 1 aromatic rings. The first-order chi connectivity index (χ1) is 10.5. The minimum absolute atomic E-state index is 0.191. The van der Waals surface area contributed by atoms with Gasteiger partial charge in [0.25, 0.3) is 0 Å². The monoisotopic (exact) mass is 307 g/mol. The van der Waals surface area contributed by atoms with Crippen LogP contribution in [0, 0.1) is 24.1 Å². The molecule has 0 saturated heterocycles. The second-order valence-corrected chi connectivity index (χ2v) is 5.88. The number of ether oxygens (including phenoxy) is 1. The molecule has 0 aliphatic rings. The summed E-state index contributed by atoms with van der Waals surface area (Å²) in [4.78, 5) is 2.06. The van der Waals surface area contributed by atoms with Gasteiger partial charge in [-0.25, -0.2) is 4.39 Å². The summed E-state index contributed by atoms with van der Waals surface area (Å²) >= 11 is 0. The van der Waals surface area contributed by atoms with Crippen LogP contribution in [0.15, 0.2) is 24.3 Å². The average molecular weight is 307 g/mol. The highest BCUT2D eigenvalue weighted by molar-refractivity contribution is 5.17. The van der Waals surface area contributed by atoms with E-state index in [1.807, 2.05) is 6.07 Å². The molecule has 1 unspecified atom stereocenters. The molecule has 0 aliphatic heterocycles. The van der Waals surface area contributed by atoms with Crippen molar-refractivity contribution >= 4 is 0 Å². The molecule has 122 valence electrons. The zero-order valence-electron chi connectivity index (χ0n) is 13.5. The van der Waals surface area contributed by atoms with E-state index in [2.05, 4.69) is 24.7 Å². The minimum Gasteiger partial charge on any atom is -0.389 e. The van der Waals surface area contributed by atoms with Gasteiger partial charge >= 0.3 is 0 Å². The van der Waals surface area contributed by atoms with Crippen LogP contribution in [0.4, 0.5) is 4.39 Å². The lowest BCUT2D eigenvalue weighted by molar-refractivity contribution is 0.0250. The van der Waals surface area contributed by atoms with Crippen LogP contribution in [0.1, 0.15) is 25.8 Å². The molecular formula is C18H26FNO2. The number of hydrogen-bond acceptors (Lipinski definition) is 3. The maximum absolute atomic E-state index is 13.8. The number of halogens is 1. The Morgan fingerprint density at radius 2 is 2.09 bits per heavy atom. The molecule has 3 nitrogen and oxygen atoms in total. The summed E-state index contributed by atoms with van der Waals surface area (Å²) in [6.07, 6.45) is 5.47. The summed E-state index contributed by atoms with van der Waals surface area (Å²) in [7, 11) is 0. The Hall–Kier alpha value is -1.41. The molecule has 0 fully saturated rings. The van der Waals surface area contributed by atoms with Gasteiger partial charge in [0.05, 0.1) is 12.7 Å². The molecule has 0 saturated carbocycles. The summed E-state index contributed by atoms with van der Waals surface area (Å²) in [5.74, 6) is 2.71. The van der Waals surface area contributed by atoms with Crippen LogP contribution in [-0.4, -0.2) is 42.4 Å². The zero-order valence-corrected chi connectivity index (χ0v) is 13.5. The van der Waals surface area contributed by atoms with Crippen LogP contribution in [0.25, 0.3) is 0 Å². The number of nitrogens with zero attached hydrogens (tertiary/aromatic N) is 1. The Bertz CT molecular complexity index is 470. The van der Waals surface area contributed by atoms with E-state index >= 15 is 0 Å². The van der Waals surface area contributed by atoms with Gasteiger partial charge in [0.1, 0.15) is 12.4 Å². The summed E-state index contributed by atoms with van der Waals surface area (Å²) < 4.78 is 19.0. The Morgan fingerprint density at radius 1 is 1.36 bits per heavy atom. The van der Waals surface area contributed by atoms with E-state index in [1.54, 1.807) is 12.1 Å². The molecule has 4 heteroatoms.